The van der Waals surface area contributed by atoms with E-state index in [2.05, 4.69) is 10.0 Å². The van der Waals surface area contributed by atoms with E-state index in [-0.39, 0.29) is 30.0 Å². The minimum Gasteiger partial charge on any atom is -0.457 e. The van der Waals surface area contributed by atoms with Gasteiger partial charge in [-0.1, -0.05) is 12.1 Å². The van der Waals surface area contributed by atoms with Crippen LogP contribution in [0.5, 0.6) is 0 Å². The molecule has 1 aromatic heterocycles. The second kappa shape index (κ2) is 9.52. The number of rotatable bonds is 7. The number of amides is 1. The molecule has 3 rings (SSSR count). The molecule has 0 fully saturated rings. The number of fused-ring (bicyclic) bond motifs is 1. The van der Waals surface area contributed by atoms with Gasteiger partial charge in [-0.25, -0.2) is 22.8 Å². The van der Waals surface area contributed by atoms with Gasteiger partial charge < -0.3 is 13.9 Å². The summed E-state index contributed by atoms with van der Waals surface area (Å²) in [5.74, 6) is -0.779. The summed E-state index contributed by atoms with van der Waals surface area (Å²) in [5, 5.41) is 3.00. The molecule has 1 heterocycles. The first-order chi connectivity index (χ1) is 15.2. The van der Waals surface area contributed by atoms with E-state index in [1.807, 2.05) is 0 Å². The van der Waals surface area contributed by atoms with Crippen molar-refractivity contribution in [1.29, 1.82) is 0 Å². The van der Waals surface area contributed by atoms with E-state index < -0.39 is 27.7 Å². The van der Waals surface area contributed by atoms with Crippen molar-refractivity contribution < 1.29 is 31.9 Å². The molecule has 2 aromatic carbocycles. The molecule has 0 radical (unpaired) electrons. The van der Waals surface area contributed by atoms with Crippen molar-refractivity contribution in [2.24, 2.45) is 0 Å². The molecule has 0 aliphatic carbocycles. The van der Waals surface area contributed by atoms with Gasteiger partial charge in [0.1, 0.15) is 12.2 Å². The molecule has 1 amide bonds. The second-order valence-corrected chi connectivity index (χ2v) is 8.39. The number of hydrogen-bond acceptors (Lipinski definition) is 8. The van der Waals surface area contributed by atoms with Crippen LogP contribution in [0.1, 0.15) is 22.8 Å². The highest BCUT2D eigenvalue weighted by Gasteiger charge is 2.16. The van der Waals surface area contributed by atoms with E-state index in [9.17, 15) is 22.8 Å². The topological polar surface area (TPSA) is 141 Å². The summed E-state index contributed by atoms with van der Waals surface area (Å²) in [6.07, 6.45) is 0.316. The largest absolute Gasteiger partial charge is 0.457 e. The lowest BCUT2D eigenvalue weighted by Gasteiger charge is -2.11. The van der Waals surface area contributed by atoms with Gasteiger partial charge in [0.15, 0.2) is 0 Å². The number of carbonyl (C=O) groups excluding carboxylic acids is 2. The van der Waals surface area contributed by atoms with E-state index >= 15 is 0 Å². The van der Waals surface area contributed by atoms with Crippen LogP contribution in [0.2, 0.25) is 0 Å². The van der Waals surface area contributed by atoms with Crippen molar-refractivity contribution in [1.82, 2.24) is 0 Å². The molecule has 0 saturated heterocycles. The third kappa shape index (κ3) is 5.85. The number of nitrogens with one attached hydrogen (secondary N) is 2. The molecule has 0 bridgehead atoms. The molecule has 10 nitrogen and oxygen atoms in total. The van der Waals surface area contributed by atoms with Gasteiger partial charge in [-0.3, -0.25) is 10.0 Å². The number of esters is 1. The average molecular weight is 460 g/mol. The fourth-order valence-corrected chi connectivity index (χ4v) is 3.46. The third-order valence-corrected chi connectivity index (χ3v) is 4.74. The fourth-order valence-electron chi connectivity index (χ4n) is 2.88. The molecule has 0 aliphatic rings. The predicted molar refractivity (Wildman–Crippen MR) is 117 cm³/mol. The van der Waals surface area contributed by atoms with Crippen molar-refractivity contribution in [2.75, 3.05) is 22.9 Å². The molecular weight excluding hydrogens is 440 g/mol. The van der Waals surface area contributed by atoms with E-state index in [0.717, 1.165) is 6.26 Å². The molecular formula is C21H20N2O8S. The number of para-hydroxylation sites is 1. The maximum absolute atomic E-state index is 12.6. The van der Waals surface area contributed by atoms with Crippen molar-refractivity contribution in [3.8, 4) is 0 Å². The van der Waals surface area contributed by atoms with Crippen LogP contribution >= 0.6 is 0 Å². The number of sulfonamides is 1. The van der Waals surface area contributed by atoms with Crippen molar-refractivity contribution in [3.63, 3.8) is 0 Å². The van der Waals surface area contributed by atoms with Gasteiger partial charge in [0, 0.05) is 28.8 Å². The van der Waals surface area contributed by atoms with E-state index in [4.69, 9.17) is 13.9 Å². The van der Waals surface area contributed by atoms with Crippen LogP contribution in [-0.2, 0) is 26.1 Å². The Bertz CT molecular complexity index is 1330. The highest BCUT2D eigenvalue weighted by molar-refractivity contribution is 7.92. The Kier molecular flexibility index (Phi) is 6.79. The molecule has 0 saturated carbocycles. The zero-order valence-electron chi connectivity index (χ0n) is 17.2. The summed E-state index contributed by atoms with van der Waals surface area (Å²) in [7, 11) is -3.60. The van der Waals surface area contributed by atoms with Crippen LogP contribution < -0.4 is 15.7 Å². The number of benzene rings is 2. The molecule has 32 heavy (non-hydrogen) atoms. The van der Waals surface area contributed by atoms with E-state index in [1.54, 1.807) is 31.2 Å². The first kappa shape index (κ1) is 22.8. The van der Waals surface area contributed by atoms with Gasteiger partial charge in [-0.2, -0.15) is 0 Å². The second-order valence-electron chi connectivity index (χ2n) is 6.64. The SMILES string of the molecule is CCOC(=O)Nc1ccc2c(COC(=O)c3ccccc3NS(C)(=O)=O)cc(=O)oc2c1. The summed E-state index contributed by atoms with van der Waals surface area (Å²) in [5.41, 5.74) is 0.334. The lowest BCUT2D eigenvalue weighted by Crippen LogP contribution is -2.15. The van der Waals surface area contributed by atoms with Gasteiger partial charge in [-0.05, 0) is 31.2 Å². The maximum Gasteiger partial charge on any atom is 0.411 e. The van der Waals surface area contributed by atoms with Crippen molar-refractivity contribution in [3.05, 3.63) is 70.1 Å². The Hall–Kier alpha value is -3.86. The zero-order chi connectivity index (χ0) is 23.3. The summed E-state index contributed by atoms with van der Waals surface area (Å²) in [6.45, 7) is 1.61. The van der Waals surface area contributed by atoms with Crippen molar-refractivity contribution in [2.45, 2.75) is 13.5 Å². The average Bonchev–Trinajstić information content (AvgIpc) is 2.70. The summed E-state index contributed by atoms with van der Waals surface area (Å²) >= 11 is 0. The minimum absolute atomic E-state index is 0.0196. The quantitative estimate of drug-likeness (QED) is 0.405. The van der Waals surface area contributed by atoms with Gasteiger partial charge in [0.2, 0.25) is 10.0 Å². The lowest BCUT2D eigenvalue weighted by molar-refractivity contribution is 0.0475. The fraction of sp³-hybridized carbons (Fsp3) is 0.190. The number of anilines is 2. The van der Waals surface area contributed by atoms with E-state index in [0.29, 0.717) is 16.6 Å². The van der Waals surface area contributed by atoms with Crippen molar-refractivity contribution >= 4 is 44.4 Å². The normalized spacial score (nSPS) is 11.1. The monoisotopic (exact) mass is 460 g/mol. The first-order valence-corrected chi connectivity index (χ1v) is 11.3. The summed E-state index contributed by atoms with van der Waals surface area (Å²) < 4.78 is 40.6. The number of carbonyl (C=O) groups is 2. The Morgan fingerprint density at radius 3 is 2.53 bits per heavy atom. The molecule has 0 atom stereocenters. The lowest BCUT2D eigenvalue weighted by atomic mass is 10.1. The molecule has 3 aromatic rings. The maximum atomic E-state index is 12.6. The van der Waals surface area contributed by atoms with Crippen LogP contribution in [0.15, 0.2) is 57.7 Å². The zero-order valence-corrected chi connectivity index (χ0v) is 18.0. The van der Waals surface area contributed by atoms with Gasteiger partial charge in [-0.15, -0.1) is 0 Å². The molecule has 0 spiro atoms. The minimum atomic E-state index is -3.60. The Morgan fingerprint density at radius 2 is 1.81 bits per heavy atom. The number of hydrogen-bond donors (Lipinski definition) is 2. The molecule has 0 unspecified atom stereocenters. The highest BCUT2D eigenvalue weighted by atomic mass is 32.2. The molecule has 168 valence electrons. The molecule has 2 N–H and O–H groups in total. The van der Waals surface area contributed by atoms with Gasteiger partial charge in [0.25, 0.3) is 0 Å². The van der Waals surface area contributed by atoms with Crippen LogP contribution in [0.4, 0.5) is 16.2 Å². The van der Waals surface area contributed by atoms with Crippen LogP contribution in [0.3, 0.4) is 0 Å². The smallest absolute Gasteiger partial charge is 0.411 e. The Balaban J connectivity index is 1.83. The summed E-state index contributed by atoms with van der Waals surface area (Å²) in [6, 6.07) is 11.8. The Morgan fingerprint density at radius 1 is 1.06 bits per heavy atom. The van der Waals surface area contributed by atoms with Crippen LogP contribution in [-0.4, -0.2) is 33.3 Å². The van der Waals surface area contributed by atoms with Crippen LogP contribution in [0, 0.1) is 0 Å². The van der Waals surface area contributed by atoms with Crippen LogP contribution in [0.25, 0.3) is 11.0 Å². The van der Waals surface area contributed by atoms with Gasteiger partial charge >= 0.3 is 17.7 Å². The molecule has 0 aliphatic heterocycles. The first-order valence-electron chi connectivity index (χ1n) is 9.41. The standard InChI is InChI=1S/C21H20N2O8S/c1-3-29-21(26)22-14-8-9-15-13(10-19(24)31-18(15)11-14)12-30-20(25)16-6-4-5-7-17(16)23-32(2,27)28/h4-11,23H,3,12H2,1-2H3,(H,22,26). The summed E-state index contributed by atoms with van der Waals surface area (Å²) in [4.78, 5) is 36.1. The van der Waals surface area contributed by atoms with Gasteiger partial charge in [0.05, 0.1) is 24.1 Å². The third-order valence-electron chi connectivity index (χ3n) is 4.15. The number of ether oxygens (including phenoxy) is 2. The van der Waals surface area contributed by atoms with E-state index in [1.165, 1.54) is 24.3 Å². The highest BCUT2D eigenvalue weighted by Crippen LogP contribution is 2.23. The molecule has 11 heteroatoms. The predicted octanol–water partition coefficient (Wildman–Crippen LogP) is 3.09. The Labute approximate surface area is 183 Å².